The van der Waals surface area contributed by atoms with E-state index >= 15 is 0 Å². The van der Waals surface area contributed by atoms with Gasteiger partial charge in [-0.15, -0.1) is 0 Å². The number of aromatic nitrogens is 2. The summed E-state index contributed by atoms with van der Waals surface area (Å²) >= 11 is 0. The Balaban J connectivity index is 1.76. The molecule has 0 unspecified atom stereocenters. The van der Waals surface area contributed by atoms with Crippen molar-refractivity contribution >= 4 is 17.5 Å². The molecular formula is C21H22N4O2. The van der Waals surface area contributed by atoms with Crippen molar-refractivity contribution < 1.29 is 9.53 Å². The number of amides is 1. The van der Waals surface area contributed by atoms with Crippen LogP contribution in [-0.4, -0.2) is 23.0 Å². The highest BCUT2D eigenvalue weighted by atomic mass is 16.5. The van der Waals surface area contributed by atoms with Gasteiger partial charge in [0, 0.05) is 12.2 Å². The van der Waals surface area contributed by atoms with E-state index in [-0.39, 0.29) is 5.91 Å². The number of nitrogens with zero attached hydrogens (tertiary/aromatic N) is 2. The van der Waals surface area contributed by atoms with E-state index in [1.54, 1.807) is 13.2 Å². The lowest BCUT2D eigenvalue weighted by atomic mass is 10.1. The first-order valence-electron chi connectivity index (χ1n) is 8.65. The number of nitrogens with one attached hydrogen (secondary N) is 2. The summed E-state index contributed by atoms with van der Waals surface area (Å²) in [4.78, 5) is 21.3. The van der Waals surface area contributed by atoms with Gasteiger partial charge in [-0.05, 0) is 43.2 Å². The molecule has 138 valence electrons. The second kappa shape index (κ2) is 8.31. The maximum Gasteiger partial charge on any atom is 0.270 e. The van der Waals surface area contributed by atoms with E-state index in [1.165, 1.54) is 0 Å². The van der Waals surface area contributed by atoms with Crippen LogP contribution in [0, 0.1) is 13.8 Å². The van der Waals surface area contributed by atoms with Gasteiger partial charge in [-0.1, -0.05) is 36.4 Å². The number of rotatable bonds is 6. The molecule has 0 saturated heterocycles. The topological polar surface area (TPSA) is 76.1 Å². The van der Waals surface area contributed by atoms with Crippen molar-refractivity contribution in [1.82, 2.24) is 15.3 Å². The van der Waals surface area contributed by atoms with Crippen molar-refractivity contribution in [2.75, 3.05) is 12.4 Å². The number of benzene rings is 2. The zero-order valence-corrected chi connectivity index (χ0v) is 15.6. The molecular weight excluding hydrogens is 340 g/mol. The Kier molecular flexibility index (Phi) is 5.66. The van der Waals surface area contributed by atoms with Gasteiger partial charge < -0.3 is 15.4 Å². The van der Waals surface area contributed by atoms with Crippen LogP contribution >= 0.6 is 0 Å². The maximum absolute atomic E-state index is 12.6. The summed E-state index contributed by atoms with van der Waals surface area (Å²) in [6, 6.07) is 17.1. The van der Waals surface area contributed by atoms with Gasteiger partial charge in [0.1, 0.15) is 11.4 Å². The number of hydrogen-bond donors (Lipinski definition) is 2. The molecule has 1 aromatic heterocycles. The van der Waals surface area contributed by atoms with Crippen LogP contribution in [-0.2, 0) is 6.54 Å². The Morgan fingerprint density at radius 3 is 2.56 bits per heavy atom. The van der Waals surface area contributed by atoms with Crippen LogP contribution in [0.25, 0.3) is 0 Å². The van der Waals surface area contributed by atoms with Crippen molar-refractivity contribution in [3.63, 3.8) is 0 Å². The molecule has 0 spiro atoms. The van der Waals surface area contributed by atoms with E-state index in [0.29, 0.717) is 29.6 Å². The number of carbonyl (C=O) groups excluding carboxylic acids is 1. The minimum atomic E-state index is -0.244. The zero-order chi connectivity index (χ0) is 19.2. The molecule has 3 aromatic rings. The van der Waals surface area contributed by atoms with Crippen LogP contribution < -0.4 is 15.4 Å². The zero-order valence-electron chi connectivity index (χ0n) is 15.6. The average Bonchev–Trinajstić information content (AvgIpc) is 2.67. The second-order valence-electron chi connectivity index (χ2n) is 6.15. The number of ether oxygens (including phenoxy) is 1. The average molecular weight is 362 g/mol. The summed E-state index contributed by atoms with van der Waals surface area (Å²) < 4.78 is 5.33. The Hall–Kier alpha value is -3.41. The lowest BCUT2D eigenvalue weighted by Gasteiger charge is -2.12. The lowest BCUT2D eigenvalue weighted by molar-refractivity contribution is 0.0945. The number of para-hydroxylation sites is 2. The molecule has 0 bridgehead atoms. The van der Waals surface area contributed by atoms with Gasteiger partial charge in [-0.25, -0.2) is 9.97 Å². The van der Waals surface area contributed by atoms with Crippen LogP contribution in [0.2, 0.25) is 0 Å². The predicted octanol–water partition coefficient (Wildman–Crippen LogP) is 3.78. The first-order chi connectivity index (χ1) is 13.1. The fourth-order valence-corrected chi connectivity index (χ4v) is 2.68. The van der Waals surface area contributed by atoms with Gasteiger partial charge in [0.15, 0.2) is 0 Å². The van der Waals surface area contributed by atoms with E-state index in [4.69, 9.17) is 4.74 Å². The van der Waals surface area contributed by atoms with Gasteiger partial charge in [-0.3, -0.25) is 4.79 Å². The standard InChI is InChI=1S/C21H22N4O2/c1-14-8-4-5-9-16(14)13-22-20(26)18-12-15(2)23-21(25-18)24-17-10-6-7-11-19(17)27-3/h4-12H,13H2,1-3H3,(H,22,26)(H,23,24,25). The SMILES string of the molecule is COc1ccccc1Nc1nc(C)cc(C(=O)NCc2ccccc2C)n1. The van der Waals surface area contributed by atoms with Gasteiger partial charge in [0.2, 0.25) is 5.95 Å². The van der Waals surface area contributed by atoms with E-state index in [0.717, 1.165) is 16.8 Å². The van der Waals surface area contributed by atoms with Crippen molar-refractivity contribution in [2.45, 2.75) is 20.4 Å². The van der Waals surface area contributed by atoms with E-state index in [9.17, 15) is 4.79 Å². The molecule has 0 radical (unpaired) electrons. The molecule has 0 fully saturated rings. The minimum absolute atomic E-state index is 0.244. The van der Waals surface area contributed by atoms with E-state index in [1.807, 2.05) is 62.4 Å². The molecule has 1 heterocycles. The number of anilines is 2. The summed E-state index contributed by atoms with van der Waals surface area (Å²) in [7, 11) is 1.60. The molecule has 0 aliphatic heterocycles. The molecule has 2 aromatic carbocycles. The minimum Gasteiger partial charge on any atom is -0.495 e. The summed E-state index contributed by atoms with van der Waals surface area (Å²) in [5, 5.41) is 6.03. The highest BCUT2D eigenvalue weighted by Gasteiger charge is 2.12. The third-order valence-electron chi connectivity index (χ3n) is 4.14. The van der Waals surface area contributed by atoms with Gasteiger partial charge in [0.25, 0.3) is 5.91 Å². The van der Waals surface area contributed by atoms with Crippen molar-refractivity contribution in [2.24, 2.45) is 0 Å². The van der Waals surface area contributed by atoms with Gasteiger partial charge >= 0.3 is 0 Å². The smallest absolute Gasteiger partial charge is 0.270 e. The highest BCUT2D eigenvalue weighted by molar-refractivity contribution is 5.92. The molecule has 0 saturated carbocycles. The lowest BCUT2D eigenvalue weighted by Crippen LogP contribution is -2.24. The maximum atomic E-state index is 12.6. The van der Waals surface area contributed by atoms with Crippen molar-refractivity contribution in [3.05, 3.63) is 77.1 Å². The Labute approximate surface area is 158 Å². The third-order valence-corrected chi connectivity index (χ3v) is 4.14. The molecule has 3 rings (SSSR count). The van der Waals surface area contributed by atoms with E-state index in [2.05, 4.69) is 20.6 Å². The molecule has 0 aliphatic carbocycles. The first kappa shape index (κ1) is 18.4. The fraction of sp³-hybridized carbons (Fsp3) is 0.190. The Morgan fingerprint density at radius 1 is 1.04 bits per heavy atom. The largest absolute Gasteiger partial charge is 0.495 e. The van der Waals surface area contributed by atoms with Gasteiger partial charge in [0.05, 0.1) is 12.8 Å². The summed E-state index contributed by atoms with van der Waals surface area (Å²) in [6.07, 6.45) is 0. The van der Waals surface area contributed by atoms with Crippen molar-refractivity contribution in [1.29, 1.82) is 0 Å². The van der Waals surface area contributed by atoms with Crippen LogP contribution in [0.3, 0.4) is 0 Å². The molecule has 6 nitrogen and oxygen atoms in total. The molecule has 0 aliphatic rings. The Bertz CT molecular complexity index is 956. The summed E-state index contributed by atoms with van der Waals surface area (Å²) in [6.45, 7) is 4.29. The van der Waals surface area contributed by atoms with Crippen LogP contribution in [0.1, 0.15) is 27.3 Å². The molecule has 1 amide bonds. The Morgan fingerprint density at radius 2 is 1.78 bits per heavy atom. The normalized spacial score (nSPS) is 10.3. The molecule has 6 heteroatoms. The highest BCUT2D eigenvalue weighted by Crippen LogP contribution is 2.25. The first-order valence-corrected chi connectivity index (χ1v) is 8.65. The molecule has 27 heavy (non-hydrogen) atoms. The number of hydrogen-bond acceptors (Lipinski definition) is 5. The summed E-state index contributed by atoms with van der Waals surface area (Å²) in [5.74, 6) is 0.778. The van der Waals surface area contributed by atoms with Crippen molar-refractivity contribution in [3.8, 4) is 5.75 Å². The predicted molar refractivity (Wildman–Crippen MR) is 105 cm³/mol. The van der Waals surface area contributed by atoms with Crippen LogP contribution in [0.4, 0.5) is 11.6 Å². The number of carbonyl (C=O) groups is 1. The van der Waals surface area contributed by atoms with Crippen LogP contribution in [0.15, 0.2) is 54.6 Å². The van der Waals surface area contributed by atoms with Crippen LogP contribution in [0.5, 0.6) is 5.75 Å². The number of aryl methyl sites for hydroxylation is 2. The quantitative estimate of drug-likeness (QED) is 0.698. The molecule has 0 atom stereocenters. The number of methoxy groups -OCH3 is 1. The molecule has 2 N–H and O–H groups in total. The van der Waals surface area contributed by atoms with E-state index < -0.39 is 0 Å². The fourth-order valence-electron chi connectivity index (χ4n) is 2.68. The second-order valence-corrected chi connectivity index (χ2v) is 6.15. The van der Waals surface area contributed by atoms with Gasteiger partial charge in [-0.2, -0.15) is 0 Å². The monoisotopic (exact) mass is 362 g/mol. The summed E-state index contributed by atoms with van der Waals surface area (Å²) in [5.41, 5.74) is 3.95. The third kappa shape index (κ3) is 4.61.